The van der Waals surface area contributed by atoms with E-state index in [9.17, 15) is 4.79 Å². The lowest BCUT2D eigenvalue weighted by atomic mass is 10.1. The first-order chi connectivity index (χ1) is 8.72. The highest BCUT2D eigenvalue weighted by molar-refractivity contribution is 5.93. The Bertz CT molecular complexity index is 432. The van der Waals surface area contributed by atoms with Gasteiger partial charge in [0.05, 0.1) is 6.61 Å². The number of nitrogens with one attached hydrogen (secondary N) is 1. The number of anilines is 1. The summed E-state index contributed by atoms with van der Waals surface area (Å²) in [4.78, 5) is 13.7. The maximum Gasteiger partial charge on any atom is 0.226 e. The van der Waals surface area contributed by atoms with E-state index >= 15 is 0 Å². The fourth-order valence-electron chi connectivity index (χ4n) is 2.11. The summed E-state index contributed by atoms with van der Waals surface area (Å²) in [6.45, 7) is 1.62. The van der Waals surface area contributed by atoms with Crippen LogP contribution >= 0.6 is 0 Å². The van der Waals surface area contributed by atoms with Crippen LogP contribution in [0.15, 0.2) is 18.2 Å². The van der Waals surface area contributed by atoms with Gasteiger partial charge in [0, 0.05) is 25.6 Å². The van der Waals surface area contributed by atoms with Crippen molar-refractivity contribution in [3.05, 3.63) is 23.8 Å². The minimum absolute atomic E-state index is 0.157. The summed E-state index contributed by atoms with van der Waals surface area (Å²) >= 11 is 0. The number of nitrogens with zero attached hydrogens (tertiary/aromatic N) is 1. The minimum Gasteiger partial charge on any atom is -0.493 e. The Morgan fingerprint density at radius 1 is 1.50 bits per heavy atom. The van der Waals surface area contributed by atoms with Gasteiger partial charge in [0.1, 0.15) is 5.75 Å². The third-order valence-corrected chi connectivity index (χ3v) is 3.25. The Kier molecular flexibility index (Phi) is 4.20. The molecule has 0 aliphatic carbocycles. The number of carbonyl (C=O) groups excluding carboxylic acids is 1. The van der Waals surface area contributed by atoms with E-state index in [1.54, 1.807) is 4.90 Å². The number of hydrogen-bond donors (Lipinski definition) is 1. The van der Waals surface area contributed by atoms with Crippen molar-refractivity contribution in [3.63, 3.8) is 0 Å². The summed E-state index contributed by atoms with van der Waals surface area (Å²) in [5.74, 6) is 1.11. The van der Waals surface area contributed by atoms with Crippen molar-refractivity contribution in [3.8, 4) is 5.75 Å². The Labute approximate surface area is 108 Å². The molecule has 0 atom stereocenters. The topological polar surface area (TPSA) is 41.6 Å². The SMILES string of the molecule is CNCCCC(=O)N(C)c1ccc2c(c1)CCO2. The lowest BCUT2D eigenvalue weighted by Crippen LogP contribution is -2.26. The molecule has 0 fully saturated rings. The maximum absolute atomic E-state index is 12.0. The highest BCUT2D eigenvalue weighted by Gasteiger charge is 2.16. The number of ether oxygens (including phenoxy) is 1. The summed E-state index contributed by atoms with van der Waals surface area (Å²) in [6.07, 6.45) is 2.38. The van der Waals surface area contributed by atoms with Crippen LogP contribution in [0.3, 0.4) is 0 Å². The monoisotopic (exact) mass is 248 g/mol. The molecule has 1 aromatic rings. The van der Waals surface area contributed by atoms with Crippen molar-refractivity contribution in [1.82, 2.24) is 5.32 Å². The van der Waals surface area contributed by atoms with Crippen LogP contribution in [0.1, 0.15) is 18.4 Å². The van der Waals surface area contributed by atoms with Gasteiger partial charge in [-0.15, -0.1) is 0 Å². The van der Waals surface area contributed by atoms with Gasteiger partial charge in [-0.2, -0.15) is 0 Å². The molecule has 0 radical (unpaired) electrons. The van der Waals surface area contributed by atoms with Crippen molar-refractivity contribution >= 4 is 11.6 Å². The van der Waals surface area contributed by atoms with Gasteiger partial charge in [0.15, 0.2) is 0 Å². The molecule has 4 nitrogen and oxygen atoms in total. The van der Waals surface area contributed by atoms with Crippen LogP contribution in [0, 0.1) is 0 Å². The lowest BCUT2D eigenvalue weighted by molar-refractivity contribution is -0.118. The molecule has 1 N–H and O–H groups in total. The highest BCUT2D eigenvalue weighted by atomic mass is 16.5. The van der Waals surface area contributed by atoms with E-state index in [0.717, 1.165) is 37.4 Å². The van der Waals surface area contributed by atoms with Gasteiger partial charge < -0.3 is 15.0 Å². The average Bonchev–Trinajstić information content (AvgIpc) is 2.85. The fourth-order valence-corrected chi connectivity index (χ4v) is 2.11. The van der Waals surface area contributed by atoms with Crippen molar-refractivity contribution in [2.75, 3.05) is 32.1 Å². The van der Waals surface area contributed by atoms with E-state index in [1.807, 2.05) is 26.2 Å². The zero-order valence-corrected chi connectivity index (χ0v) is 11.0. The summed E-state index contributed by atoms with van der Waals surface area (Å²) in [7, 11) is 3.73. The van der Waals surface area contributed by atoms with Crippen LogP contribution in [0.25, 0.3) is 0 Å². The predicted molar refractivity (Wildman–Crippen MR) is 72.2 cm³/mol. The largest absolute Gasteiger partial charge is 0.493 e. The van der Waals surface area contributed by atoms with Gasteiger partial charge in [0.25, 0.3) is 0 Å². The second kappa shape index (κ2) is 5.87. The molecule has 18 heavy (non-hydrogen) atoms. The molecule has 1 heterocycles. The Morgan fingerprint density at radius 3 is 3.11 bits per heavy atom. The summed E-state index contributed by atoms with van der Waals surface area (Å²) in [5, 5.41) is 3.05. The Balaban J connectivity index is 2.00. The molecule has 0 bridgehead atoms. The van der Waals surface area contributed by atoms with Gasteiger partial charge in [-0.25, -0.2) is 0 Å². The molecule has 1 aromatic carbocycles. The van der Waals surface area contributed by atoms with Crippen LogP contribution < -0.4 is 15.0 Å². The van der Waals surface area contributed by atoms with E-state index in [4.69, 9.17) is 4.74 Å². The maximum atomic E-state index is 12.0. The molecule has 1 aliphatic heterocycles. The van der Waals surface area contributed by atoms with E-state index in [2.05, 4.69) is 11.4 Å². The van der Waals surface area contributed by atoms with Crippen LogP contribution in [-0.2, 0) is 11.2 Å². The molecule has 0 spiro atoms. The van der Waals surface area contributed by atoms with Crippen LogP contribution in [0.2, 0.25) is 0 Å². The zero-order valence-electron chi connectivity index (χ0n) is 11.0. The van der Waals surface area contributed by atoms with Gasteiger partial charge in [-0.05, 0) is 43.8 Å². The molecule has 1 aliphatic rings. The average molecular weight is 248 g/mol. The number of fused-ring (bicyclic) bond motifs is 1. The Morgan fingerprint density at radius 2 is 2.33 bits per heavy atom. The number of benzene rings is 1. The minimum atomic E-state index is 0.157. The van der Waals surface area contributed by atoms with Crippen LogP contribution in [0.5, 0.6) is 5.75 Å². The number of rotatable bonds is 5. The first-order valence-electron chi connectivity index (χ1n) is 6.39. The molecular formula is C14H20N2O2. The number of hydrogen-bond acceptors (Lipinski definition) is 3. The Hall–Kier alpha value is -1.55. The first-order valence-corrected chi connectivity index (χ1v) is 6.39. The molecule has 1 amide bonds. The smallest absolute Gasteiger partial charge is 0.226 e. The second-order valence-corrected chi connectivity index (χ2v) is 4.55. The second-order valence-electron chi connectivity index (χ2n) is 4.55. The molecule has 98 valence electrons. The van der Waals surface area contributed by atoms with Crippen molar-refractivity contribution in [2.45, 2.75) is 19.3 Å². The summed E-state index contributed by atoms with van der Waals surface area (Å²) in [5.41, 5.74) is 2.15. The molecular weight excluding hydrogens is 228 g/mol. The molecule has 2 rings (SSSR count). The van der Waals surface area contributed by atoms with E-state index < -0.39 is 0 Å². The normalized spacial score (nSPS) is 13.0. The van der Waals surface area contributed by atoms with Gasteiger partial charge in [-0.1, -0.05) is 0 Å². The van der Waals surface area contributed by atoms with E-state index in [-0.39, 0.29) is 5.91 Å². The van der Waals surface area contributed by atoms with Crippen molar-refractivity contribution < 1.29 is 9.53 Å². The quantitative estimate of drug-likeness (QED) is 0.804. The van der Waals surface area contributed by atoms with Crippen LogP contribution in [0.4, 0.5) is 5.69 Å². The summed E-state index contributed by atoms with van der Waals surface area (Å²) in [6, 6.07) is 5.95. The molecule has 0 saturated heterocycles. The third kappa shape index (κ3) is 2.82. The van der Waals surface area contributed by atoms with E-state index in [0.29, 0.717) is 6.42 Å². The first kappa shape index (κ1) is 12.9. The molecule has 0 aromatic heterocycles. The highest BCUT2D eigenvalue weighted by Crippen LogP contribution is 2.29. The van der Waals surface area contributed by atoms with Crippen LogP contribution in [-0.4, -0.2) is 33.2 Å². The molecule has 0 saturated carbocycles. The number of amides is 1. The fraction of sp³-hybridized carbons (Fsp3) is 0.500. The van der Waals surface area contributed by atoms with Crippen molar-refractivity contribution in [1.29, 1.82) is 0 Å². The zero-order chi connectivity index (χ0) is 13.0. The van der Waals surface area contributed by atoms with Gasteiger partial charge in [-0.3, -0.25) is 4.79 Å². The standard InChI is InChI=1S/C14H20N2O2/c1-15-8-3-4-14(17)16(2)12-5-6-13-11(10-12)7-9-18-13/h5-6,10,15H,3-4,7-9H2,1-2H3. The lowest BCUT2D eigenvalue weighted by Gasteiger charge is -2.18. The van der Waals surface area contributed by atoms with Crippen molar-refractivity contribution in [2.24, 2.45) is 0 Å². The van der Waals surface area contributed by atoms with Gasteiger partial charge in [0.2, 0.25) is 5.91 Å². The third-order valence-electron chi connectivity index (χ3n) is 3.25. The van der Waals surface area contributed by atoms with E-state index in [1.165, 1.54) is 5.56 Å². The summed E-state index contributed by atoms with van der Waals surface area (Å²) < 4.78 is 5.46. The molecule has 0 unspecified atom stereocenters. The number of carbonyl (C=O) groups is 1. The van der Waals surface area contributed by atoms with Gasteiger partial charge >= 0.3 is 0 Å². The molecule has 4 heteroatoms. The predicted octanol–water partition coefficient (Wildman–Crippen LogP) is 1.58.